The van der Waals surface area contributed by atoms with Crippen molar-refractivity contribution in [2.24, 2.45) is 0 Å². The molecule has 0 aromatic carbocycles. The predicted molar refractivity (Wildman–Crippen MR) is 53.6 cm³/mol. The van der Waals surface area contributed by atoms with Crippen molar-refractivity contribution in [1.29, 1.82) is 0 Å². The molecule has 1 aromatic heterocycles. The Hall–Kier alpha value is -0.990. The molecule has 0 amide bonds. The molecule has 1 aliphatic rings. The van der Waals surface area contributed by atoms with Gasteiger partial charge in [-0.2, -0.15) is 0 Å². The Morgan fingerprint density at radius 2 is 2.23 bits per heavy atom. The molecule has 3 nitrogen and oxygen atoms in total. The Balaban J connectivity index is 2.36. The maximum absolute atomic E-state index is 5.98. The fourth-order valence-corrected chi connectivity index (χ4v) is 1.76. The van der Waals surface area contributed by atoms with E-state index in [1.807, 2.05) is 6.92 Å². The quantitative estimate of drug-likeness (QED) is 0.771. The summed E-state index contributed by atoms with van der Waals surface area (Å²) >= 11 is 0. The summed E-state index contributed by atoms with van der Waals surface area (Å²) in [7, 11) is 0. The summed E-state index contributed by atoms with van der Waals surface area (Å²) in [6, 6.07) is 0.655. The molecule has 1 fully saturated rings. The van der Waals surface area contributed by atoms with Gasteiger partial charge >= 0.3 is 0 Å². The van der Waals surface area contributed by atoms with Gasteiger partial charge in [0, 0.05) is 12.5 Å². The van der Waals surface area contributed by atoms with E-state index < -0.39 is 0 Å². The lowest BCUT2D eigenvalue weighted by Crippen LogP contribution is -2.05. The molecule has 0 saturated heterocycles. The number of rotatable bonds is 3. The first-order chi connectivity index (χ1) is 6.24. The SMILES string of the molecule is CCCc1nc(C)c(N)n1C1CC1. The molecule has 1 saturated carbocycles. The van der Waals surface area contributed by atoms with E-state index in [4.69, 9.17) is 5.73 Å². The van der Waals surface area contributed by atoms with E-state index in [2.05, 4.69) is 16.5 Å². The van der Waals surface area contributed by atoms with Gasteiger partial charge in [-0.05, 0) is 26.2 Å². The number of aryl methyl sites for hydroxylation is 2. The highest BCUT2D eigenvalue weighted by Crippen LogP contribution is 2.38. The van der Waals surface area contributed by atoms with Gasteiger partial charge in [0.1, 0.15) is 11.6 Å². The van der Waals surface area contributed by atoms with Gasteiger partial charge in [0.05, 0.1) is 5.69 Å². The Labute approximate surface area is 79.0 Å². The summed E-state index contributed by atoms with van der Waals surface area (Å²) in [4.78, 5) is 4.50. The molecule has 72 valence electrons. The first-order valence-corrected chi connectivity index (χ1v) is 5.07. The second kappa shape index (κ2) is 3.05. The van der Waals surface area contributed by atoms with E-state index in [0.717, 1.165) is 24.4 Å². The standard InChI is InChI=1S/C10H17N3/c1-3-4-9-12-7(2)10(11)13(9)8-5-6-8/h8H,3-6,11H2,1-2H3. The zero-order valence-corrected chi connectivity index (χ0v) is 8.38. The van der Waals surface area contributed by atoms with E-state index in [-0.39, 0.29) is 0 Å². The Kier molecular flexibility index (Phi) is 2.02. The van der Waals surface area contributed by atoms with Crippen LogP contribution >= 0.6 is 0 Å². The van der Waals surface area contributed by atoms with Crippen LogP contribution in [-0.2, 0) is 6.42 Å². The molecule has 0 bridgehead atoms. The molecule has 1 aliphatic carbocycles. The molecule has 0 spiro atoms. The summed E-state index contributed by atoms with van der Waals surface area (Å²) in [6.07, 6.45) is 4.74. The minimum absolute atomic E-state index is 0.655. The van der Waals surface area contributed by atoms with Crippen LogP contribution in [0.1, 0.15) is 43.7 Å². The minimum Gasteiger partial charge on any atom is -0.384 e. The fraction of sp³-hybridized carbons (Fsp3) is 0.700. The van der Waals surface area contributed by atoms with Gasteiger partial charge in [0.25, 0.3) is 0 Å². The van der Waals surface area contributed by atoms with Crippen LogP contribution in [0.25, 0.3) is 0 Å². The maximum Gasteiger partial charge on any atom is 0.126 e. The van der Waals surface area contributed by atoms with Gasteiger partial charge in [0.2, 0.25) is 0 Å². The van der Waals surface area contributed by atoms with Crippen molar-refractivity contribution < 1.29 is 0 Å². The summed E-state index contributed by atoms with van der Waals surface area (Å²) in [5, 5.41) is 0. The largest absolute Gasteiger partial charge is 0.384 e. The predicted octanol–water partition coefficient (Wildman–Crippen LogP) is 2.06. The number of nitrogen functional groups attached to an aromatic ring is 1. The van der Waals surface area contributed by atoms with Gasteiger partial charge < -0.3 is 10.3 Å². The van der Waals surface area contributed by atoms with Crippen LogP contribution in [0.15, 0.2) is 0 Å². The number of hydrogen-bond donors (Lipinski definition) is 1. The first kappa shape index (κ1) is 8.60. The van der Waals surface area contributed by atoms with Crippen molar-refractivity contribution >= 4 is 5.82 Å². The number of nitrogens with two attached hydrogens (primary N) is 1. The number of hydrogen-bond acceptors (Lipinski definition) is 2. The van der Waals surface area contributed by atoms with Crippen LogP contribution in [0.2, 0.25) is 0 Å². The van der Waals surface area contributed by atoms with E-state index in [1.165, 1.54) is 18.7 Å². The van der Waals surface area contributed by atoms with E-state index in [9.17, 15) is 0 Å². The molecule has 0 radical (unpaired) electrons. The zero-order chi connectivity index (χ0) is 9.42. The molecule has 0 aliphatic heterocycles. The molecular formula is C10H17N3. The number of imidazole rings is 1. The third-order valence-corrected chi connectivity index (χ3v) is 2.59. The van der Waals surface area contributed by atoms with Crippen molar-refractivity contribution in [3.8, 4) is 0 Å². The van der Waals surface area contributed by atoms with Gasteiger partial charge in [-0.3, -0.25) is 0 Å². The Bertz CT molecular complexity index is 310. The molecular weight excluding hydrogens is 162 g/mol. The van der Waals surface area contributed by atoms with Crippen molar-refractivity contribution in [3.05, 3.63) is 11.5 Å². The van der Waals surface area contributed by atoms with E-state index in [0.29, 0.717) is 6.04 Å². The monoisotopic (exact) mass is 179 g/mol. The molecule has 13 heavy (non-hydrogen) atoms. The van der Waals surface area contributed by atoms with Crippen LogP contribution < -0.4 is 5.73 Å². The molecule has 2 rings (SSSR count). The number of aromatic nitrogens is 2. The molecule has 2 N–H and O–H groups in total. The van der Waals surface area contributed by atoms with Gasteiger partial charge in [-0.15, -0.1) is 0 Å². The van der Waals surface area contributed by atoms with E-state index >= 15 is 0 Å². The van der Waals surface area contributed by atoms with Crippen molar-refractivity contribution in [1.82, 2.24) is 9.55 Å². The average molecular weight is 179 g/mol. The maximum atomic E-state index is 5.98. The third-order valence-electron chi connectivity index (χ3n) is 2.59. The van der Waals surface area contributed by atoms with Crippen molar-refractivity contribution in [2.45, 2.75) is 45.6 Å². The molecule has 0 unspecified atom stereocenters. The highest BCUT2D eigenvalue weighted by atomic mass is 15.2. The number of nitrogens with zero attached hydrogens (tertiary/aromatic N) is 2. The lowest BCUT2D eigenvalue weighted by Gasteiger charge is -2.06. The normalized spacial score (nSPS) is 16.5. The van der Waals surface area contributed by atoms with Gasteiger partial charge in [0.15, 0.2) is 0 Å². The van der Waals surface area contributed by atoms with Gasteiger partial charge in [-0.25, -0.2) is 4.98 Å². The van der Waals surface area contributed by atoms with Crippen LogP contribution in [0.3, 0.4) is 0 Å². The van der Waals surface area contributed by atoms with Crippen LogP contribution in [-0.4, -0.2) is 9.55 Å². The Morgan fingerprint density at radius 1 is 1.54 bits per heavy atom. The first-order valence-electron chi connectivity index (χ1n) is 5.07. The Morgan fingerprint density at radius 3 is 2.77 bits per heavy atom. The zero-order valence-electron chi connectivity index (χ0n) is 8.38. The number of anilines is 1. The third kappa shape index (κ3) is 1.43. The smallest absolute Gasteiger partial charge is 0.126 e. The molecule has 3 heteroatoms. The molecule has 1 aromatic rings. The molecule has 0 atom stereocenters. The van der Waals surface area contributed by atoms with Gasteiger partial charge in [-0.1, -0.05) is 6.92 Å². The van der Waals surface area contributed by atoms with Crippen LogP contribution in [0.5, 0.6) is 0 Å². The van der Waals surface area contributed by atoms with Crippen LogP contribution in [0, 0.1) is 6.92 Å². The van der Waals surface area contributed by atoms with Crippen LogP contribution in [0.4, 0.5) is 5.82 Å². The summed E-state index contributed by atoms with van der Waals surface area (Å²) in [5.41, 5.74) is 6.97. The fourth-order valence-electron chi connectivity index (χ4n) is 1.76. The topological polar surface area (TPSA) is 43.8 Å². The highest BCUT2D eigenvalue weighted by molar-refractivity contribution is 5.38. The van der Waals surface area contributed by atoms with Crippen molar-refractivity contribution in [3.63, 3.8) is 0 Å². The lowest BCUT2D eigenvalue weighted by molar-refractivity contribution is 0.676. The summed E-state index contributed by atoms with van der Waals surface area (Å²) < 4.78 is 2.23. The summed E-state index contributed by atoms with van der Waals surface area (Å²) in [6.45, 7) is 4.17. The highest BCUT2D eigenvalue weighted by Gasteiger charge is 2.28. The van der Waals surface area contributed by atoms with Crippen molar-refractivity contribution in [2.75, 3.05) is 5.73 Å². The second-order valence-corrected chi connectivity index (χ2v) is 3.85. The second-order valence-electron chi connectivity index (χ2n) is 3.85. The lowest BCUT2D eigenvalue weighted by atomic mass is 10.3. The summed E-state index contributed by atoms with van der Waals surface area (Å²) in [5.74, 6) is 2.06. The van der Waals surface area contributed by atoms with E-state index in [1.54, 1.807) is 0 Å². The average Bonchev–Trinajstić information content (AvgIpc) is 2.85. The molecule has 1 heterocycles. The minimum atomic E-state index is 0.655.